The van der Waals surface area contributed by atoms with Gasteiger partial charge in [-0.1, -0.05) is 12.1 Å². The summed E-state index contributed by atoms with van der Waals surface area (Å²) in [4.78, 5) is 24.3. The first-order chi connectivity index (χ1) is 12.0. The smallest absolute Gasteiger partial charge is 0.271 e. The Morgan fingerprint density at radius 3 is 2.19 bits per heavy atom. The number of nitro benzene ring substituents is 1. The quantitative estimate of drug-likeness (QED) is 0.464. The number of nitrogens with one attached hydrogen (secondary N) is 1. The molecule has 2 aromatic carbocycles. The zero-order chi connectivity index (χ0) is 18.2. The van der Waals surface area contributed by atoms with Crippen LogP contribution in [-0.2, 0) is 0 Å². The van der Waals surface area contributed by atoms with Gasteiger partial charge >= 0.3 is 0 Å². The molecule has 0 saturated heterocycles. The van der Waals surface area contributed by atoms with Gasteiger partial charge in [0.05, 0.1) is 11.1 Å². The van der Waals surface area contributed by atoms with Crippen molar-refractivity contribution in [1.29, 1.82) is 0 Å². The Morgan fingerprint density at radius 2 is 1.69 bits per heavy atom. The van der Waals surface area contributed by atoms with Crippen LogP contribution < -0.4 is 10.3 Å². The summed E-state index contributed by atoms with van der Waals surface area (Å²) in [7, 11) is 0. The average molecular weight is 358 g/mol. The molecule has 1 amide bonds. The third-order valence-electron chi connectivity index (χ3n) is 3.74. The van der Waals surface area contributed by atoms with E-state index < -0.39 is 10.8 Å². The van der Waals surface area contributed by atoms with Crippen molar-refractivity contribution in [2.24, 2.45) is 5.10 Å². The lowest BCUT2D eigenvalue weighted by atomic mass is 10.2. The molecule has 0 saturated carbocycles. The highest BCUT2D eigenvalue weighted by Crippen LogP contribution is 2.14. The molecule has 0 radical (unpaired) electrons. The van der Waals surface area contributed by atoms with Crippen LogP contribution >= 0.6 is 0 Å². The monoisotopic (exact) mass is 358 g/mol. The third kappa shape index (κ3) is 5.38. The molecule has 0 aliphatic rings. The topological polar surface area (TPSA) is 119 Å². The molecule has 2 aromatic rings. The fourth-order valence-corrected chi connectivity index (χ4v) is 2.32. The van der Waals surface area contributed by atoms with E-state index in [1.165, 1.54) is 24.3 Å². The predicted octanol–water partition coefficient (Wildman–Crippen LogP) is 2.38. The molecule has 3 N–H and O–H groups in total. The molecule has 0 fully saturated rings. The SMILES string of the molecule is CCN(CC)c1ccc(/C=N/NC(=O)c2ccc([N+](=O)[O-])cc2)cc1.O. The lowest BCUT2D eigenvalue weighted by Crippen LogP contribution is -2.21. The molecule has 26 heavy (non-hydrogen) atoms. The molecular weight excluding hydrogens is 336 g/mol. The zero-order valence-corrected chi connectivity index (χ0v) is 14.7. The highest BCUT2D eigenvalue weighted by atomic mass is 16.6. The van der Waals surface area contributed by atoms with Crippen LogP contribution in [-0.4, -0.2) is 35.6 Å². The summed E-state index contributed by atoms with van der Waals surface area (Å²) in [5, 5.41) is 14.5. The largest absolute Gasteiger partial charge is 0.412 e. The van der Waals surface area contributed by atoms with Crippen molar-refractivity contribution in [3.63, 3.8) is 0 Å². The molecule has 0 aliphatic heterocycles. The molecule has 0 spiro atoms. The van der Waals surface area contributed by atoms with Gasteiger partial charge in [-0.05, 0) is 43.7 Å². The van der Waals surface area contributed by atoms with Crippen LogP contribution in [0.1, 0.15) is 29.8 Å². The van der Waals surface area contributed by atoms with Gasteiger partial charge in [0.25, 0.3) is 11.6 Å². The van der Waals surface area contributed by atoms with E-state index in [9.17, 15) is 14.9 Å². The van der Waals surface area contributed by atoms with Crippen LogP contribution in [0.25, 0.3) is 0 Å². The Labute approximate surface area is 151 Å². The van der Waals surface area contributed by atoms with Crippen LogP contribution in [0.4, 0.5) is 11.4 Å². The van der Waals surface area contributed by atoms with Crippen LogP contribution in [0.5, 0.6) is 0 Å². The molecule has 0 heterocycles. The molecule has 138 valence electrons. The van der Waals surface area contributed by atoms with Crippen molar-refractivity contribution in [1.82, 2.24) is 5.43 Å². The predicted molar refractivity (Wildman–Crippen MR) is 102 cm³/mol. The highest BCUT2D eigenvalue weighted by Gasteiger charge is 2.08. The number of nitrogens with zero attached hydrogens (tertiary/aromatic N) is 3. The normalized spacial score (nSPS) is 10.2. The molecular formula is C18H22N4O4. The second-order valence-electron chi connectivity index (χ2n) is 5.27. The molecule has 8 nitrogen and oxygen atoms in total. The summed E-state index contributed by atoms with van der Waals surface area (Å²) in [5.74, 6) is -0.425. The van der Waals surface area contributed by atoms with E-state index in [1.807, 2.05) is 24.3 Å². The minimum Gasteiger partial charge on any atom is -0.412 e. The van der Waals surface area contributed by atoms with Crippen LogP contribution in [0.3, 0.4) is 0 Å². The number of benzene rings is 2. The van der Waals surface area contributed by atoms with Gasteiger partial charge < -0.3 is 10.4 Å². The molecule has 0 unspecified atom stereocenters. The van der Waals surface area contributed by atoms with Crippen LogP contribution in [0, 0.1) is 10.1 Å². The lowest BCUT2D eigenvalue weighted by Gasteiger charge is -2.20. The Bertz CT molecular complexity index is 754. The molecule has 0 aliphatic carbocycles. The number of nitro groups is 1. The number of hydrogen-bond acceptors (Lipinski definition) is 5. The summed E-state index contributed by atoms with van der Waals surface area (Å²) < 4.78 is 0. The van der Waals surface area contributed by atoms with E-state index in [-0.39, 0.29) is 11.2 Å². The van der Waals surface area contributed by atoms with Gasteiger partial charge in [0.2, 0.25) is 0 Å². The number of non-ortho nitro benzene ring substituents is 1. The maximum Gasteiger partial charge on any atom is 0.271 e. The number of rotatable bonds is 7. The minimum absolute atomic E-state index is 0. The number of carbonyl (C=O) groups excluding carboxylic acids is 1. The maximum absolute atomic E-state index is 11.9. The van der Waals surface area contributed by atoms with Gasteiger partial charge in [0.15, 0.2) is 0 Å². The molecule has 0 atom stereocenters. The first-order valence-electron chi connectivity index (χ1n) is 7.98. The van der Waals surface area contributed by atoms with Crippen LogP contribution in [0.2, 0.25) is 0 Å². The van der Waals surface area contributed by atoms with Crippen molar-refractivity contribution in [2.45, 2.75) is 13.8 Å². The van der Waals surface area contributed by atoms with E-state index in [1.54, 1.807) is 6.21 Å². The minimum atomic E-state index is -0.512. The molecule has 0 aromatic heterocycles. The van der Waals surface area contributed by atoms with Crippen molar-refractivity contribution < 1.29 is 15.2 Å². The van der Waals surface area contributed by atoms with E-state index in [2.05, 4.69) is 29.3 Å². The zero-order valence-electron chi connectivity index (χ0n) is 14.7. The first kappa shape index (κ1) is 20.8. The molecule has 8 heteroatoms. The summed E-state index contributed by atoms with van der Waals surface area (Å²) in [6, 6.07) is 13.2. The van der Waals surface area contributed by atoms with E-state index in [0.29, 0.717) is 5.56 Å². The van der Waals surface area contributed by atoms with Crippen molar-refractivity contribution in [3.8, 4) is 0 Å². The fourth-order valence-electron chi connectivity index (χ4n) is 2.32. The second-order valence-corrected chi connectivity index (χ2v) is 5.27. The van der Waals surface area contributed by atoms with Gasteiger partial charge in [-0.15, -0.1) is 0 Å². The standard InChI is InChI=1S/C18H20N4O3.H2O/c1-3-21(4-2)16-9-5-14(6-10-16)13-19-20-18(23)15-7-11-17(12-8-15)22(24)25;/h5-13H,3-4H2,1-2H3,(H,20,23);1H2/b19-13+;. The number of amides is 1. The van der Waals surface area contributed by atoms with Crippen molar-refractivity contribution in [3.05, 3.63) is 69.8 Å². The van der Waals surface area contributed by atoms with Gasteiger partial charge in [0.1, 0.15) is 0 Å². The summed E-state index contributed by atoms with van der Waals surface area (Å²) in [6.07, 6.45) is 1.55. The Kier molecular flexibility index (Phi) is 7.91. The van der Waals surface area contributed by atoms with Gasteiger partial charge in [-0.3, -0.25) is 14.9 Å². The highest BCUT2D eigenvalue weighted by molar-refractivity contribution is 5.95. The van der Waals surface area contributed by atoms with Gasteiger partial charge in [-0.2, -0.15) is 5.10 Å². The second kappa shape index (κ2) is 9.90. The van der Waals surface area contributed by atoms with E-state index in [4.69, 9.17) is 0 Å². The van der Waals surface area contributed by atoms with E-state index >= 15 is 0 Å². The van der Waals surface area contributed by atoms with Crippen molar-refractivity contribution in [2.75, 3.05) is 18.0 Å². The fraction of sp³-hybridized carbons (Fsp3) is 0.222. The maximum atomic E-state index is 11.9. The molecule has 0 bridgehead atoms. The summed E-state index contributed by atoms with van der Waals surface area (Å²) in [5.41, 5.74) is 4.65. The summed E-state index contributed by atoms with van der Waals surface area (Å²) >= 11 is 0. The Morgan fingerprint density at radius 1 is 1.12 bits per heavy atom. The average Bonchev–Trinajstić information content (AvgIpc) is 2.64. The number of hydrogen-bond donors (Lipinski definition) is 1. The number of anilines is 1. The number of hydrazone groups is 1. The third-order valence-corrected chi connectivity index (χ3v) is 3.74. The Balaban J connectivity index is 0.00000338. The van der Waals surface area contributed by atoms with Gasteiger partial charge in [0, 0.05) is 36.5 Å². The molecule has 2 rings (SSSR count). The van der Waals surface area contributed by atoms with E-state index in [0.717, 1.165) is 24.3 Å². The Hall–Kier alpha value is -3.26. The summed E-state index contributed by atoms with van der Waals surface area (Å²) in [6.45, 7) is 6.09. The first-order valence-corrected chi connectivity index (χ1v) is 7.98. The number of carbonyl (C=O) groups is 1. The lowest BCUT2D eigenvalue weighted by molar-refractivity contribution is -0.384. The van der Waals surface area contributed by atoms with Gasteiger partial charge in [-0.25, -0.2) is 5.43 Å². The van der Waals surface area contributed by atoms with Crippen molar-refractivity contribution >= 4 is 23.5 Å². The van der Waals surface area contributed by atoms with Crippen LogP contribution in [0.15, 0.2) is 53.6 Å².